The summed E-state index contributed by atoms with van der Waals surface area (Å²) in [6, 6.07) is 8.00. The Kier molecular flexibility index (Phi) is 5.78. The summed E-state index contributed by atoms with van der Waals surface area (Å²) in [6.07, 6.45) is -4.62. The minimum Gasteiger partial charge on any atom is -0.495 e. The number of nitro groups is 1. The number of benzene rings is 2. The second-order valence-electron chi connectivity index (χ2n) is 5.10. The van der Waals surface area contributed by atoms with Gasteiger partial charge in [-0.1, -0.05) is 12.1 Å². The van der Waals surface area contributed by atoms with Gasteiger partial charge >= 0.3 is 6.18 Å². The first-order valence-electron chi connectivity index (χ1n) is 7.17. The van der Waals surface area contributed by atoms with Crippen molar-refractivity contribution in [2.45, 2.75) is 11.1 Å². The molecular formula is C15H13F3N2O6S. The van der Waals surface area contributed by atoms with Crippen molar-refractivity contribution in [2.75, 3.05) is 18.4 Å². The number of hydrogen-bond acceptors (Lipinski definition) is 6. The lowest BCUT2D eigenvalue weighted by atomic mass is 10.3. The van der Waals surface area contributed by atoms with Gasteiger partial charge in [-0.3, -0.25) is 14.8 Å². The molecule has 2 aromatic carbocycles. The first kappa shape index (κ1) is 20.3. The van der Waals surface area contributed by atoms with Crippen LogP contribution in [0.15, 0.2) is 47.4 Å². The molecule has 0 amide bonds. The number of non-ortho nitro benzene ring substituents is 1. The van der Waals surface area contributed by atoms with E-state index in [1.165, 1.54) is 25.3 Å². The maximum Gasteiger partial charge on any atom is 0.422 e. The van der Waals surface area contributed by atoms with Crippen LogP contribution in [0.25, 0.3) is 0 Å². The molecule has 0 bridgehead atoms. The molecule has 12 heteroatoms. The summed E-state index contributed by atoms with van der Waals surface area (Å²) in [5.74, 6) is -0.537. The first-order chi connectivity index (χ1) is 12.5. The van der Waals surface area contributed by atoms with Gasteiger partial charge < -0.3 is 9.47 Å². The Morgan fingerprint density at radius 1 is 1.15 bits per heavy atom. The van der Waals surface area contributed by atoms with Gasteiger partial charge in [-0.05, 0) is 18.2 Å². The van der Waals surface area contributed by atoms with Crippen molar-refractivity contribution in [1.29, 1.82) is 0 Å². The quantitative estimate of drug-likeness (QED) is 0.558. The van der Waals surface area contributed by atoms with Crippen molar-refractivity contribution in [3.63, 3.8) is 0 Å². The Morgan fingerprint density at radius 2 is 1.81 bits per heavy atom. The minimum atomic E-state index is -4.62. The largest absolute Gasteiger partial charge is 0.495 e. The SMILES string of the molecule is COc1ccc([N+](=O)[O-])cc1S(=O)(=O)Nc1ccccc1OCC(F)(F)F. The summed E-state index contributed by atoms with van der Waals surface area (Å²) in [4.78, 5) is 9.55. The van der Waals surface area contributed by atoms with Crippen molar-refractivity contribution >= 4 is 21.4 Å². The second kappa shape index (κ2) is 7.70. The summed E-state index contributed by atoms with van der Waals surface area (Å²) in [7, 11) is -3.26. The van der Waals surface area contributed by atoms with Gasteiger partial charge in [0.2, 0.25) is 0 Å². The summed E-state index contributed by atoms with van der Waals surface area (Å²) >= 11 is 0. The highest BCUT2D eigenvalue weighted by atomic mass is 32.2. The standard InChI is InChI=1S/C15H13F3N2O6S/c1-25-13-7-6-10(20(21)22)8-14(13)27(23,24)19-11-4-2-3-5-12(11)26-9-15(16,17)18/h2-8,19H,9H2,1H3. The maximum absolute atomic E-state index is 12.6. The van der Waals surface area contributed by atoms with E-state index in [0.29, 0.717) is 0 Å². The Labute approximate surface area is 151 Å². The lowest BCUT2D eigenvalue weighted by Gasteiger charge is -2.15. The molecule has 0 fully saturated rings. The predicted molar refractivity (Wildman–Crippen MR) is 88.4 cm³/mol. The number of nitrogens with one attached hydrogen (secondary N) is 1. The molecule has 0 spiro atoms. The maximum atomic E-state index is 12.6. The fourth-order valence-corrected chi connectivity index (χ4v) is 3.29. The third kappa shape index (κ3) is 5.23. The molecule has 0 aliphatic rings. The molecule has 0 saturated heterocycles. The Morgan fingerprint density at radius 3 is 2.41 bits per heavy atom. The molecule has 0 heterocycles. The molecular weight excluding hydrogens is 393 g/mol. The zero-order chi connectivity index (χ0) is 20.2. The number of sulfonamides is 1. The van der Waals surface area contributed by atoms with Gasteiger partial charge in [0, 0.05) is 12.1 Å². The van der Waals surface area contributed by atoms with Gasteiger partial charge in [-0.2, -0.15) is 13.2 Å². The Balaban J connectivity index is 2.40. The molecule has 2 rings (SSSR count). The number of anilines is 1. The highest BCUT2D eigenvalue weighted by Crippen LogP contribution is 2.32. The van der Waals surface area contributed by atoms with E-state index >= 15 is 0 Å². The van der Waals surface area contributed by atoms with Crippen LogP contribution < -0.4 is 14.2 Å². The monoisotopic (exact) mass is 406 g/mol. The number of nitro benzene ring substituents is 1. The third-order valence-electron chi connectivity index (χ3n) is 3.17. The zero-order valence-electron chi connectivity index (χ0n) is 13.7. The van der Waals surface area contributed by atoms with Crippen LogP contribution in [0.1, 0.15) is 0 Å². The van der Waals surface area contributed by atoms with E-state index in [1.807, 2.05) is 0 Å². The van der Waals surface area contributed by atoms with Crippen molar-refractivity contribution < 1.29 is 36.0 Å². The molecule has 0 aliphatic heterocycles. The van der Waals surface area contributed by atoms with E-state index in [-0.39, 0.29) is 17.2 Å². The van der Waals surface area contributed by atoms with E-state index in [9.17, 15) is 31.7 Å². The van der Waals surface area contributed by atoms with Crippen LogP contribution >= 0.6 is 0 Å². The highest BCUT2D eigenvalue weighted by Gasteiger charge is 2.29. The lowest BCUT2D eigenvalue weighted by molar-refractivity contribution is -0.385. The first-order valence-corrected chi connectivity index (χ1v) is 8.65. The van der Waals surface area contributed by atoms with Crippen LogP contribution in [0.4, 0.5) is 24.5 Å². The van der Waals surface area contributed by atoms with Crippen LogP contribution in [0.5, 0.6) is 11.5 Å². The molecule has 0 saturated carbocycles. The van der Waals surface area contributed by atoms with Crippen molar-refractivity contribution in [1.82, 2.24) is 0 Å². The van der Waals surface area contributed by atoms with Crippen LogP contribution in [-0.2, 0) is 10.0 Å². The van der Waals surface area contributed by atoms with Crippen LogP contribution in [-0.4, -0.2) is 33.2 Å². The van der Waals surface area contributed by atoms with Gasteiger partial charge in [0.15, 0.2) is 6.61 Å². The fourth-order valence-electron chi connectivity index (χ4n) is 2.03. The Hall–Kier alpha value is -3.02. The Bertz CT molecular complexity index is 947. The van der Waals surface area contributed by atoms with Crippen LogP contribution in [0.3, 0.4) is 0 Å². The number of halogens is 3. The van der Waals surface area contributed by atoms with Gasteiger partial charge in [0.25, 0.3) is 15.7 Å². The summed E-state index contributed by atoms with van der Waals surface area (Å²) in [6.45, 7) is -1.62. The smallest absolute Gasteiger partial charge is 0.422 e. The molecule has 1 N–H and O–H groups in total. The summed E-state index contributed by atoms with van der Waals surface area (Å²) in [5, 5.41) is 10.9. The van der Waals surface area contributed by atoms with Crippen LogP contribution in [0, 0.1) is 10.1 Å². The number of hydrogen-bond donors (Lipinski definition) is 1. The molecule has 27 heavy (non-hydrogen) atoms. The van der Waals surface area contributed by atoms with Crippen molar-refractivity contribution in [3.8, 4) is 11.5 Å². The van der Waals surface area contributed by atoms with Gasteiger partial charge in [0.1, 0.15) is 16.4 Å². The number of methoxy groups -OCH3 is 1. The van der Waals surface area contributed by atoms with E-state index in [2.05, 4.69) is 9.46 Å². The van der Waals surface area contributed by atoms with Gasteiger partial charge in [-0.15, -0.1) is 0 Å². The van der Waals surface area contributed by atoms with E-state index < -0.39 is 38.3 Å². The second-order valence-corrected chi connectivity index (χ2v) is 6.75. The number of rotatable bonds is 7. The predicted octanol–water partition coefficient (Wildman–Crippen LogP) is 3.35. The fraction of sp³-hybridized carbons (Fsp3) is 0.200. The van der Waals surface area contributed by atoms with Crippen molar-refractivity contribution in [3.05, 3.63) is 52.6 Å². The van der Waals surface area contributed by atoms with Gasteiger partial charge in [0.05, 0.1) is 17.7 Å². The molecule has 0 radical (unpaired) electrons. The number of para-hydroxylation sites is 2. The van der Waals surface area contributed by atoms with Crippen molar-refractivity contribution in [2.24, 2.45) is 0 Å². The van der Waals surface area contributed by atoms with Gasteiger partial charge in [-0.25, -0.2) is 8.42 Å². The lowest BCUT2D eigenvalue weighted by Crippen LogP contribution is -2.20. The molecule has 0 aromatic heterocycles. The summed E-state index contributed by atoms with van der Waals surface area (Å²) < 4.78 is 73.9. The topological polar surface area (TPSA) is 108 Å². The normalized spacial score (nSPS) is 11.7. The van der Waals surface area contributed by atoms with E-state index in [0.717, 1.165) is 24.3 Å². The number of nitrogens with zero attached hydrogens (tertiary/aromatic N) is 1. The molecule has 2 aromatic rings. The molecule has 8 nitrogen and oxygen atoms in total. The van der Waals surface area contributed by atoms with E-state index in [1.54, 1.807) is 0 Å². The molecule has 0 aliphatic carbocycles. The number of alkyl halides is 3. The molecule has 146 valence electrons. The number of ether oxygens (including phenoxy) is 2. The van der Waals surface area contributed by atoms with E-state index in [4.69, 9.17) is 4.74 Å². The van der Waals surface area contributed by atoms with Crippen LogP contribution in [0.2, 0.25) is 0 Å². The summed E-state index contributed by atoms with van der Waals surface area (Å²) in [5.41, 5.74) is -0.770. The average Bonchev–Trinajstić information content (AvgIpc) is 2.59. The molecule has 0 unspecified atom stereocenters. The average molecular weight is 406 g/mol. The highest BCUT2D eigenvalue weighted by molar-refractivity contribution is 7.92. The minimum absolute atomic E-state index is 0.179. The zero-order valence-corrected chi connectivity index (χ0v) is 14.5. The third-order valence-corrected chi connectivity index (χ3v) is 4.56. The molecule has 0 atom stereocenters.